The van der Waals surface area contributed by atoms with Crippen LogP contribution in [0.4, 0.5) is 0 Å². The van der Waals surface area contributed by atoms with E-state index in [9.17, 15) is 4.79 Å². The van der Waals surface area contributed by atoms with Gasteiger partial charge in [0.15, 0.2) is 0 Å². The van der Waals surface area contributed by atoms with Gasteiger partial charge in [0.2, 0.25) is 5.91 Å². The zero-order chi connectivity index (χ0) is 9.80. The van der Waals surface area contributed by atoms with Gasteiger partial charge in [0, 0.05) is 6.04 Å². The maximum atomic E-state index is 11.4. The Kier molecular flexibility index (Phi) is 2.53. The summed E-state index contributed by atoms with van der Waals surface area (Å²) in [4.78, 5) is 11.4. The minimum atomic E-state index is -0.0612. The van der Waals surface area contributed by atoms with Crippen molar-refractivity contribution in [1.29, 1.82) is 0 Å². The second-order valence-electron chi connectivity index (χ2n) is 3.19. The van der Waals surface area contributed by atoms with Gasteiger partial charge >= 0.3 is 0 Å². The summed E-state index contributed by atoms with van der Waals surface area (Å²) in [5.74, 6) is -0.0612. The van der Waals surface area contributed by atoms with Gasteiger partial charge in [-0.15, -0.1) is 5.10 Å². The van der Waals surface area contributed by atoms with E-state index < -0.39 is 0 Å². The lowest BCUT2D eigenvalue weighted by Gasteiger charge is -2.09. The molecule has 1 unspecified atom stereocenters. The highest BCUT2D eigenvalue weighted by Crippen LogP contribution is 2.08. The van der Waals surface area contributed by atoms with Gasteiger partial charge in [0.1, 0.15) is 12.9 Å². The summed E-state index contributed by atoms with van der Waals surface area (Å²) in [7, 11) is 0. The second kappa shape index (κ2) is 3.99. The van der Waals surface area contributed by atoms with Crippen molar-refractivity contribution in [2.45, 2.75) is 25.4 Å². The van der Waals surface area contributed by atoms with E-state index in [1.807, 2.05) is 6.08 Å². The summed E-state index contributed by atoms with van der Waals surface area (Å²) in [6, 6.07) is 0.180. The number of rotatable bonds is 3. The Hall–Kier alpha value is -1.72. The molecule has 1 aromatic heterocycles. The SMILES string of the molecule is O=C(Cn1cnnn1)NC1C=CCC1. The van der Waals surface area contributed by atoms with Crippen LogP contribution in [0.3, 0.4) is 0 Å². The third-order valence-electron chi connectivity index (χ3n) is 2.06. The van der Waals surface area contributed by atoms with Gasteiger partial charge in [0.25, 0.3) is 0 Å². The van der Waals surface area contributed by atoms with Gasteiger partial charge < -0.3 is 5.32 Å². The van der Waals surface area contributed by atoms with Gasteiger partial charge in [-0.25, -0.2) is 4.68 Å². The Morgan fingerprint density at radius 2 is 2.57 bits per heavy atom. The molecule has 1 aromatic rings. The van der Waals surface area contributed by atoms with Crippen molar-refractivity contribution in [3.05, 3.63) is 18.5 Å². The van der Waals surface area contributed by atoms with Crippen molar-refractivity contribution >= 4 is 5.91 Å². The summed E-state index contributed by atoms with van der Waals surface area (Å²) >= 11 is 0. The van der Waals surface area contributed by atoms with Crippen LogP contribution in [-0.4, -0.2) is 32.2 Å². The molecular formula is C8H11N5O. The molecule has 0 fully saturated rings. The number of hydrogen-bond acceptors (Lipinski definition) is 4. The fourth-order valence-electron chi connectivity index (χ4n) is 1.41. The number of amides is 1. The Morgan fingerprint density at radius 3 is 3.21 bits per heavy atom. The third-order valence-corrected chi connectivity index (χ3v) is 2.06. The summed E-state index contributed by atoms with van der Waals surface area (Å²) in [5.41, 5.74) is 0. The van der Waals surface area contributed by atoms with Crippen molar-refractivity contribution in [3.8, 4) is 0 Å². The molecular weight excluding hydrogens is 182 g/mol. The Labute approximate surface area is 81.0 Å². The fourth-order valence-corrected chi connectivity index (χ4v) is 1.41. The van der Waals surface area contributed by atoms with Crippen molar-refractivity contribution in [2.75, 3.05) is 0 Å². The number of allylic oxidation sites excluding steroid dienone is 1. The molecule has 0 spiro atoms. The van der Waals surface area contributed by atoms with Crippen LogP contribution in [0.2, 0.25) is 0 Å². The standard InChI is InChI=1S/C8H11N5O/c14-8(5-13-6-9-11-12-13)10-7-3-1-2-4-7/h1,3,6-7H,2,4-5H2,(H,10,14). The van der Waals surface area contributed by atoms with Gasteiger partial charge in [0.05, 0.1) is 0 Å². The highest BCUT2D eigenvalue weighted by Gasteiger charge is 2.12. The maximum absolute atomic E-state index is 11.4. The van der Waals surface area contributed by atoms with Crippen LogP contribution in [-0.2, 0) is 11.3 Å². The summed E-state index contributed by atoms with van der Waals surface area (Å²) < 4.78 is 1.40. The monoisotopic (exact) mass is 193 g/mol. The molecule has 1 amide bonds. The fraction of sp³-hybridized carbons (Fsp3) is 0.500. The average molecular weight is 193 g/mol. The van der Waals surface area contributed by atoms with Gasteiger partial charge in [-0.1, -0.05) is 12.2 Å². The van der Waals surface area contributed by atoms with E-state index in [4.69, 9.17) is 0 Å². The lowest BCUT2D eigenvalue weighted by molar-refractivity contribution is -0.122. The number of aromatic nitrogens is 4. The molecule has 6 heteroatoms. The first kappa shape index (κ1) is 8.86. The molecule has 0 bridgehead atoms. The van der Waals surface area contributed by atoms with E-state index in [1.54, 1.807) is 0 Å². The van der Waals surface area contributed by atoms with Crippen LogP contribution >= 0.6 is 0 Å². The molecule has 1 aliphatic rings. The summed E-state index contributed by atoms with van der Waals surface area (Å²) in [6.07, 6.45) is 7.53. The Bertz CT molecular complexity index is 332. The molecule has 6 nitrogen and oxygen atoms in total. The highest BCUT2D eigenvalue weighted by atomic mass is 16.2. The summed E-state index contributed by atoms with van der Waals surface area (Å²) in [5, 5.41) is 13.4. The minimum Gasteiger partial charge on any atom is -0.348 e. The van der Waals surface area contributed by atoms with E-state index in [1.165, 1.54) is 11.0 Å². The van der Waals surface area contributed by atoms with Gasteiger partial charge in [-0.05, 0) is 23.3 Å². The molecule has 1 atom stereocenters. The second-order valence-corrected chi connectivity index (χ2v) is 3.19. The van der Waals surface area contributed by atoms with Crippen LogP contribution < -0.4 is 5.32 Å². The summed E-state index contributed by atoms with van der Waals surface area (Å²) in [6.45, 7) is 0.178. The normalized spacial score (nSPS) is 19.9. The topological polar surface area (TPSA) is 72.7 Å². The molecule has 0 saturated carbocycles. The molecule has 14 heavy (non-hydrogen) atoms. The van der Waals surface area contributed by atoms with Crippen LogP contribution in [0.15, 0.2) is 18.5 Å². The predicted molar refractivity (Wildman–Crippen MR) is 48.1 cm³/mol. The Morgan fingerprint density at radius 1 is 1.64 bits per heavy atom. The van der Waals surface area contributed by atoms with Crippen LogP contribution in [0, 0.1) is 0 Å². The largest absolute Gasteiger partial charge is 0.348 e. The van der Waals surface area contributed by atoms with E-state index >= 15 is 0 Å². The Balaban J connectivity index is 1.81. The van der Waals surface area contributed by atoms with E-state index in [0.29, 0.717) is 0 Å². The molecule has 0 aliphatic heterocycles. The molecule has 0 radical (unpaired) electrons. The number of carbonyl (C=O) groups excluding carboxylic acids is 1. The number of carbonyl (C=O) groups is 1. The van der Waals surface area contributed by atoms with Crippen LogP contribution in [0.5, 0.6) is 0 Å². The predicted octanol–water partition coefficient (Wildman–Crippen LogP) is -0.492. The zero-order valence-electron chi connectivity index (χ0n) is 7.63. The number of nitrogens with zero attached hydrogens (tertiary/aromatic N) is 4. The highest BCUT2D eigenvalue weighted by molar-refractivity contribution is 5.76. The molecule has 0 aromatic carbocycles. The van der Waals surface area contributed by atoms with Gasteiger partial charge in [-0.2, -0.15) is 0 Å². The number of tetrazole rings is 1. The first-order valence-electron chi connectivity index (χ1n) is 4.51. The van der Waals surface area contributed by atoms with Crippen molar-refractivity contribution in [1.82, 2.24) is 25.5 Å². The van der Waals surface area contributed by atoms with Crippen molar-refractivity contribution in [3.63, 3.8) is 0 Å². The van der Waals surface area contributed by atoms with E-state index in [-0.39, 0.29) is 18.5 Å². The molecule has 2 rings (SSSR count). The molecule has 74 valence electrons. The van der Waals surface area contributed by atoms with Crippen molar-refractivity contribution < 1.29 is 4.79 Å². The van der Waals surface area contributed by atoms with E-state index in [2.05, 4.69) is 26.9 Å². The van der Waals surface area contributed by atoms with Crippen molar-refractivity contribution in [2.24, 2.45) is 0 Å². The van der Waals surface area contributed by atoms with E-state index in [0.717, 1.165) is 12.8 Å². The first-order chi connectivity index (χ1) is 6.84. The quantitative estimate of drug-likeness (QED) is 0.657. The smallest absolute Gasteiger partial charge is 0.242 e. The minimum absolute atomic E-state index is 0.0612. The van der Waals surface area contributed by atoms with Crippen LogP contribution in [0.25, 0.3) is 0 Å². The maximum Gasteiger partial charge on any atom is 0.242 e. The first-order valence-corrected chi connectivity index (χ1v) is 4.51. The lowest BCUT2D eigenvalue weighted by Crippen LogP contribution is -2.34. The molecule has 0 saturated heterocycles. The van der Waals surface area contributed by atoms with Crippen LogP contribution in [0.1, 0.15) is 12.8 Å². The average Bonchev–Trinajstić information content (AvgIpc) is 2.76. The lowest BCUT2D eigenvalue weighted by atomic mass is 10.2. The number of hydrogen-bond donors (Lipinski definition) is 1. The molecule has 1 N–H and O–H groups in total. The molecule has 1 aliphatic carbocycles. The zero-order valence-corrected chi connectivity index (χ0v) is 7.63. The molecule has 1 heterocycles. The number of nitrogens with one attached hydrogen (secondary N) is 1. The van der Waals surface area contributed by atoms with Gasteiger partial charge in [-0.3, -0.25) is 4.79 Å². The third kappa shape index (κ3) is 2.15.